The Morgan fingerprint density at radius 2 is 2.14 bits per heavy atom. The van der Waals surface area contributed by atoms with E-state index in [9.17, 15) is 18.0 Å². The molecule has 0 aromatic carbocycles. The van der Waals surface area contributed by atoms with Crippen LogP contribution in [-0.4, -0.2) is 29.8 Å². The number of halogens is 3. The molecule has 0 bridgehead atoms. The molecule has 0 aliphatic heterocycles. The van der Waals surface area contributed by atoms with Gasteiger partial charge in [0.05, 0.1) is 6.67 Å². The maximum atomic E-state index is 13.6. The molecule has 3 N–H and O–H groups in total. The standard InChI is InChI=1S/C7H11F3N2OS/c1-3-6(8,9)7(10,14-2)5(13)12-4-11/h3H,1,4,11H2,2H3,(H,12,13). The SMILES string of the molecule is C=CC(F)(F)C(F)(SC)C(=O)NCN. The lowest BCUT2D eigenvalue weighted by atomic mass is 10.2. The smallest absolute Gasteiger partial charge is 0.318 e. The average Bonchev–Trinajstić information content (AvgIpc) is 2.16. The summed E-state index contributed by atoms with van der Waals surface area (Å²) in [4.78, 5) is 11.0. The fraction of sp³-hybridized carbons (Fsp3) is 0.571. The van der Waals surface area contributed by atoms with E-state index < -0.39 is 23.5 Å². The summed E-state index contributed by atoms with van der Waals surface area (Å²) < 4.78 is 39.5. The Morgan fingerprint density at radius 3 is 2.43 bits per heavy atom. The van der Waals surface area contributed by atoms with Crippen LogP contribution in [0.1, 0.15) is 0 Å². The molecular formula is C7H11F3N2OS. The number of nitrogens with one attached hydrogen (secondary N) is 1. The number of hydrogen-bond acceptors (Lipinski definition) is 3. The van der Waals surface area contributed by atoms with Gasteiger partial charge in [-0.25, -0.2) is 4.39 Å². The van der Waals surface area contributed by atoms with Crippen molar-refractivity contribution in [3.05, 3.63) is 12.7 Å². The summed E-state index contributed by atoms with van der Waals surface area (Å²) in [6.07, 6.45) is 1.16. The first kappa shape index (κ1) is 13.3. The summed E-state index contributed by atoms with van der Waals surface area (Å²) in [5, 5.41) is -1.57. The Bertz CT molecular complexity index is 237. The molecule has 82 valence electrons. The molecule has 1 amide bonds. The van der Waals surface area contributed by atoms with Gasteiger partial charge in [0.1, 0.15) is 0 Å². The van der Waals surface area contributed by atoms with Gasteiger partial charge in [0.25, 0.3) is 10.9 Å². The highest BCUT2D eigenvalue weighted by atomic mass is 32.2. The van der Waals surface area contributed by atoms with Gasteiger partial charge in [-0.05, 0) is 12.3 Å². The zero-order chi connectivity index (χ0) is 11.4. The molecule has 0 aromatic heterocycles. The second-order valence-corrected chi connectivity index (χ2v) is 3.31. The Hall–Kier alpha value is -0.690. The molecule has 3 nitrogen and oxygen atoms in total. The van der Waals surface area contributed by atoms with Crippen molar-refractivity contribution in [2.45, 2.75) is 10.9 Å². The molecule has 0 heterocycles. The highest BCUT2D eigenvalue weighted by Gasteiger charge is 2.58. The van der Waals surface area contributed by atoms with E-state index in [-0.39, 0.29) is 17.8 Å². The van der Waals surface area contributed by atoms with Crippen LogP contribution in [-0.2, 0) is 4.79 Å². The Morgan fingerprint density at radius 1 is 1.64 bits per heavy atom. The number of rotatable bonds is 5. The Labute approximate surface area is 83.9 Å². The molecule has 1 unspecified atom stereocenters. The van der Waals surface area contributed by atoms with Crippen LogP contribution < -0.4 is 11.1 Å². The van der Waals surface area contributed by atoms with Crippen LogP contribution in [0.3, 0.4) is 0 Å². The van der Waals surface area contributed by atoms with Crippen molar-refractivity contribution in [3.63, 3.8) is 0 Å². The van der Waals surface area contributed by atoms with Gasteiger partial charge in [0.2, 0.25) is 0 Å². The molecule has 7 heteroatoms. The quantitative estimate of drug-likeness (QED) is 0.542. The van der Waals surface area contributed by atoms with Gasteiger partial charge in [-0.2, -0.15) is 8.78 Å². The van der Waals surface area contributed by atoms with E-state index in [1.807, 2.05) is 0 Å². The molecule has 0 fully saturated rings. The number of carbonyl (C=O) groups is 1. The summed E-state index contributed by atoms with van der Waals surface area (Å²) in [7, 11) is 0. The van der Waals surface area contributed by atoms with Gasteiger partial charge >= 0.3 is 5.92 Å². The third kappa shape index (κ3) is 2.21. The molecule has 0 rings (SSSR count). The number of carbonyl (C=O) groups excluding carboxylic acids is 1. The molecule has 0 saturated heterocycles. The number of thioether (sulfide) groups is 1. The summed E-state index contributed by atoms with van der Waals surface area (Å²) in [5.74, 6) is -5.40. The van der Waals surface area contributed by atoms with Crippen LogP contribution in [0.2, 0.25) is 0 Å². The van der Waals surface area contributed by atoms with Crippen LogP contribution >= 0.6 is 11.8 Å². The summed E-state index contributed by atoms with van der Waals surface area (Å²) >= 11 is 0.0963. The lowest BCUT2D eigenvalue weighted by Gasteiger charge is -2.27. The van der Waals surface area contributed by atoms with E-state index in [2.05, 4.69) is 6.58 Å². The fourth-order valence-electron chi connectivity index (χ4n) is 0.718. The fourth-order valence-corrected chi connectivity index (χ4v) is 1.33. The van der Waals surface area contributed by atoms with Crippen molar-refractivity contribution in [1.82, 2.24) is 5.32 Å². The van der Waals surface area contributed by atoms with Crippen molar-refractivity contribution in [1.29, 1.82) is 0 Å². The molecule has 1 atom stereocenters. The van der Waals surface area contributed by atoms with E-state index in [1.165, 1.54) is 0 Å². The Kier molecular flexibility index (Phi) is 4.47. The van der Waals surface area contributed by atoms with Crippen molar-refractivity contribution in [2.75, 3.05) is 12.9 Å². The van der Waals surface area contributed by atoms with Gasteiger partial charge in [0.15, 0.2) is 0 Å². The molecule has 14 heavy (non-hydrogen) atoms. The first-order chi connectivity index (χ1) is 6.35. The number of alkyl halides is 3. The van der Waals surface area contributed by atoms with E-state index in [4.69, 9.17) is 5.73 Å². The zero-order valence-electron chi connectivity index (χ0n) is 7.52. The van der Waals surface area contributed by atoms with E-state index >= 15 is 0 Å². The largest absolute Gasteiger partial charge is 0.340 e. The maximum absolute atomic E-state index is 13.6. The van der Waals surface area contributed by atoms with Gasteiger partial charge < -0.3 is 11.1 Å². The molecule has 0 aliphatic rings. The second-order valence-electron chi connectivity index (χ2n) is 2.34. The highest BCUT2D eigenvalue weighted by molar-refractivity contribution is 8.00. The second kappa shape index (κ2) is 4.70. The summed E-state index contributed by atoms with van der Waals surface area (Å²) in [6.45, 7) is 2.37. The molecule has 0 saturated carbocycles. The van der Waals surface area contributed by atoms with E-state index in [0.717, 1.165) is 6.26 Å². The molecule has 0 aromatic rings. The Balaban J connectivity index is 4.97. The first-order valence-corrected chi connectivity index (χ1v) is 4.82. The van der Waals surface area contributed by atoms with Crippen molar-refractivity contribution >= 4 is 17.7 Å². The predicted molar refractivity (Wildman–Crippen MR) is 49.7 cm³/mol. The van der Waals surface area contributed by atoms with Crippen molar-refractivity contribution in [2.24, 2.45) is 5.73 Å². The monoisotopic (exact) mass is 228 g/mol. The molecule has 0 radical (unpaired) electrons. The maximum Gasteiger partial charge on any atom is 0.318 e. The number of amides is 1. The van der Waals surface area contributed by atoms with Crippen LogP contribution in [0, 0.1) is 0 Å². The number of nitrogens with two attached hydrogens (primary N) is 1. The zero-order valence-corrected chi connectivity index (χ0v) is 8.34. The lowest BCUT2D eigenvalue weighted by molar-refractivity contribution is -0.141. The number of hydrogen-bond donors (Lipinski definition) is 2. The van der Waals surface area contributed by atoms with Crippen LogP contribution in [0.5, 0.6) is 0 Å². The molecule has 0 aliphatic carbocycles. The van der Waals surface area contributed by atoms with Crippen molar-refractivity contribution in [3.8, 4) is 0 Å². The topological polar surface area (TPSA) is 55.1 Å². The summed E-state index contributed by atoms with van der Waals surface area (Å²) in [6, 6.07) is 0. The molecule has 0 spiro atoms. The third-order valence-electron chi connectivity index (χ3n) is 1.52. The van der Waals surface area contributed by atoms with Crippen LogP contribution in [0.4, 0.5) is 13.2 Å². The minimum Gasteiger partial charge on any atom is -0.340 e. The number of allylic oxidation sites excluding steroid dienone is 1. The van der Waals surface area contributed by atoms with E-state index in [0.29, 0.717) is 0 Å². The first-order valence-electron chi connectivity index (χ1n) is 3.59. The van der Waals surface area contributed by atoms with Gasteiger partial charge in [0, 0.05) is 0 Å². The van der Waals surface area contributed by atoms with Gasteiger partial charge in [-0.1, -0.05) is 6.58 Å². The lowest BCUT2D eigenvalue weighted by Crippen LogP contribution is -2.53. The third-order valence-corrected chi connectivity index (χ3v) is 2.54. The summed E-state index contributed by atoms with van der Waals surface area (Å²) in [5.41, 5.74) is 4.89. The van der Waals surface area contributed by atoms with Crippen LogP contribution in [0.25, 0.3) is 0 Å². The normalized spacial score (nSPS) is 15.8. The van der Waals surface area contributed by atoms with Crippen LogP contribution in [0.15, 0.2) is 12.7 Å². The van der Waals surface area contributed by atoms with Gasteiger partial charge in [-0.15, -0.1) is 11.8 Å². The average molecular weight is 228 g/mol. The van der Waals surface area contributed by atoms with E-state index in [1.54, 1.807) is 5.32 Å². The predicted octanol–water partition coefficient (Wildman–Crippen LogP) is 0.869. The van der Waals surface area contributed by atoms with Crippen molar-refractivity contribution < 1.29 is 18.0 Å². The minimum atomic E-state index is -3.94. The minimum absolute atomic E-state index is 0.0963. The molecular weight excluding hydrogens is 217 g/mol. The van der Waals surface area contributed by atoms with Gasteiger partial charge in [-0.3, -0.25) is 4.79 Å². The highest BCUT2D eigenvalue weighted by Crippen LogP contribution is 2.41.